The van der Waals surface area contributed by atoms with E-state index in [9.17, 15) is 0 Å². The summed E-state index contributed by atoms with van der Waals surface area (Å²) in [7, 11) is 0. The maximum absolute atomic E-state index is 5.28. The molecular formula is C46H28N4. The van der Waals surface area contributed by atoms with E-state index in [1.54, 1.807) is 0 Å². The van der Waals surface area contributed by atoms with Crippen LogP contribution in [0, 0.1) is 0 Å². The molecule has 10 rings (SSSR count). The lowest BCUT2D eigenvalue weighted by molar-refractivity contribution is 1.17. The van der Waals surface area contributed by atoms with Crippen LogP contribution in [0.25, 0.3) is 99.2 Å². The molecule has 0 amide bonds. The zero-order valence-corrected chi connectivity index (χ0v) is 27.0. The highest BCUT2D eigenvalue weighted by Crippen LogP contribution is 2.39. The average Bonchev–Trinajstić information content (AvgIpc) is 3.20. The summed E-state index contributed by atoms with van der Waals surface area (Å²) in [6.07, 6.45) is 3.71. The van der Waals surface area contributed by atoms with Gasteiger partial charge in [0.15, 0.2) is 5.82 Å². The van der Waals surface area contributed by atoms with Gasteiger partial charge >= 0.3 is 0 Å². The van der Waals surface area contributed by atoms with Crippen molar-refractivity contribution in [1.82, 2.24) is 19.9 Å². The van der Waals surface area contributed by atoms with Gasteiger partial charge in [0, 0.05) is 40.0 Å². The van der Waals surface area contributed by atoms with Gasteiger partial charge in [0.05, 0.1) is 22.6 Å². The van der Waals surface area contributed by atoms with Gasteiger partial charge in [0.1, 0.15) is 0 Å². The third-order valence-electron chi connectivity index (χ3n) is 9.74. The van der Waals surface area contributed by atoms with E-state index in [1.807, 2.05) is 24.5 Å². The van der Waals surface area contributed by atoms with Crippen LogP contribution < -0.4 is 0 Å². The number of fused-ring (bicyclic) bond motifs is 7. The highest BCUT2D eigenvalue weighted by Gasteiger charge is 2.17. The molecule has 0 bridgehead atoms. The van der Waals surface area contributed by atoms with Gasteiger partial charge in [-0.2, -0.15) is 0 Å². The first kappa shape index (κ1) is 28.3. The molecule has 0 N–H and O–H groups in total. The van der Waals surface area contributed by atoms with Crippen LogP contribution in [0.1, 0.15) is 0 Å². The highest BCUT2D eigenvalue weighted by molar-refractivity contribution is 6.15. The number of hydrogen-bond acceptors (Lipinski definition) is 4. The third-order valence-corrected chi connectivity index (χ3v) is 9.74. The number of nitrogens with zero attached hydrogens (tertiary/aromatic N) is 4. The summed E-state index contributed by atoms with van der Waals surface area (Å²) in [4.78, 5) is 20.0. The first-order chi connectivity index (χ1) is 24.8. The van der Waals surface area contributed by atoms with Crippen LogP contribution >= 0.6 is 0 Å². The number of benzene rings is 7. The van der Waals surface area contributed by atoms with Gasteiger partial charge in [-0.15, -0.1) is 0 Å². The van der Waals surface area contributed by atoms with E-state index in [-0.39, 0.29) is 0 Å². The fraction of sp³-hybridized carbons (Fsp3) is 0. The Bertz CT molecular complexity index is 2790. The third kappa shape index (κ3) is 4.69. The van der Waals surface area contributed by atoms with E-state index in [0.717, 1.165) is 61.0 Å². The van der Waals surface area contributed by atoms with Crippen LogP contribution in [0.3, 0.4) is 0 Å². The Kier molecular flexibility index (Phi) is 6.46. The van der Waals surface area contributed by atoms with Crippen LogP contribution in [0.2, 0.25) is 0 Å². The Morgan fingerprint density at radius 2 is 0.880 bits per heavy atom. The first-order valence-electron chi connectivity index (χ1n) is 16.8. The second kappa shape index (κ2) is 11.4. The van der Waals surface area contributed by atoms with Crippen molar-refractivity contribution >= 4 is 54.0 Å². The van der Waals surface area contributed by atoms with E-state index in [4.69, 9.17) is 15.0 Å². The fourth-order valence-corrected chi connectivity index (χ4v) is 7.31. The molecule has 4 nitrogen and oxygen atoms in total. The van der Waals surface area contributed by atoms with Crippen LogP contribution in [-0.2, 0) is 0 Å². The van der Waals surface area contributed by atoms with Crippen LogP contribution in [0.5, 0.6) is 0 Å². The average molecular weight is 637 g/mol. The monoisotopic (exact) mass is 636 g/mol. The Labute approximate surface area is 288 Å². The molecule has 4 heteroatoms. The van der Waals surface area contributed by atoms with Crippen LogP contribution in [-0.4, -0.2) is 19.9 Å². The molecule has 232 valence electrons. The second-order valence-electron chi connectivity index (χ2n) is 12.7. The van der Waals surface area contributed by atoms with Gasteiger partial charge in [-0.1, -0.05) is 115 Å². The Hall–Kier alpha value is -6.78. The van der Waals surface area contributed by atoms with Gasteiger partial charge in [-0.25, -0.2) is 9.97 Å². The second-order valence-corrected chi connectivity index (χ2v) is 12.7. The van der Waals surface area contributed by atoms with Crippen molar-refractivity contribution in [1.29, 1.82) is 0 Å². The van der Waals surface area contributed by atoms with E-state index >= 15 is 0 Å². The lowest BCUT2D eigenvalue weighted by Crippen LogP contribution is -1.98. The number of rotatable bonds is 4. The first-order valence-corrected chi connectivity index (χ1v) is 16.8. The van der Waals surface area contributed by atoms with Crippen molar-refractivity contribution in [3.05, 3.63) is 170 Å². The lowest BCUT2D eigenvalue weighted by Gasteiger charge is -2.15. The maximum atomic E-state index is 5.28. The zero-order chi connectivity index (χ0) is 33.0. The van der Waals surface area contributed by atoms with E-state index in [2.05, 4.69) is 151 Å². The van der Waals surface area contributed by atoms with Gasteiger partial charge in [-0.3, -0.25) is 9.97 Å². The summed E-state index contributed by atoms with van der Waals surface area (Å²) in [5.41, 5.74) is 7.57. The molecule has 3 heterocycles. The standard InChI is InChI=1S/C46H28N4/c1-3-13-34-30(10-1)24-40(38-17-7-5-15-36(34)38)44-27-45(41-25-31-11-2-4-14-35(31)37-16-6-8-18-39(37)41)50-46(49-44)33-21-22-42(48-28-33)32-20-19-29-12-9-23-47-43(29)26-32/h1-28H. The molecule has 7 aromatic carbocycles. The molecule has 0 fully saturated rings. The molecule has 0 aliphatic carbocycles. The van der Waals surface area contributed by atoms with Crippen LogP contribution in [0.4, 0.5) is 0 Å². The van der Waals surface area contributed by atoms with Gasteiger partial charge in [-0.05, 0) is 85.6 Å². The molecule has 0 saturated carbocycles. The Morgan fingerprint density at radius 1 is 0.340 bits per heavy atom. The number of pyridine rings is 2. The predicted molar refractivity (Wildman–Crippen MR) is 207 cm³/mol. The summed E-state index contributed by atoms with van der Waals surface area (Å²) in [5, 5.41) is 10.6. The zero-order valence-electron chi connectivity index (χ0n) is 27.0. The number of hydrogen-bond donors (Lipinski definition) is 0. The van der Waals surface area contributed by atoms with Gasteiger partial charge in [0.25, 0.3) is 0 Å². The van der Waals surface area contributed by atoms with Crippen molar-refractivity contribution in [3.8, 4) is 45.2 Å². The van der Waals surface area contributed by atoms with Gasteiger partial charge < -0.3 is 0 Å². The summed E-state index contributed by atoms with van der Waals surface area (Å²) in [5.74, 6) is 0.631. The minimum absolute atomic E-state index is 0.631. The molecular weight excluding hydrogens is 609 g/mol. The van der Waals surface area contributed by atoms with Crippen molar-refractivity contribution in [2.24, 2.45) is 0 Å². The number of aromatic nitrogens is 4. The Morgan fingerprint density at radius 3 is 1.48 bits per heavy atom. The minimum Gasteiger partial charge on any atom is -0.256 e. The molecule has 0 aliphatic rings. The van der Waals surface area contributed by atoms with Crippen molar-refractivity contribution < 1.29 is 0 Å². The van der Waals surface area contributed by atoms with Gasteiger partial charge in [0.2, 0.25) is 0 Å². The largest absolute Gasteiger partial charge is 0.256 e. The SMILES string of the molecule is c1cnc2cc(-c3ccc(-c4nc(-c5cc6ccccc6c6ccccc56)cc(-c5cc6ccccc6c6ccccc56)n4)cn3)ccc2c1. The maximum Gasteiger partial charge on any atom is 0.161 e. The van der Waals surface area contributed by atoms with E-state index in [0.29, 0.717) is 5.82 Å². The van der Waals surface area contributed by atoms with Crippen molar-refractivity contribution in [3.63, 3.8) is 0 Å². The predicted octanol–water partition coefficient (Wildman–Crippen LogP) is 11.7. The molecule has 50 heavy (non-hydrogen) atoms. The summed E-state index contributed by atoms with van der Waals surface area (Å²) >= 11 is 0. The van der Waals surface area contributed by atoms with Crippen molar-refractivity contribution in [2.45, 2.75) is 0 Å². The minimum atomic E-state index is 0.631. The van der Waals surface area contributed by atoms with E-state index < -0.39 is 0 Å². The van der Waals surface area contributed by atoms with E-state index in [1.165, 1.54) is 32.3 Å². The van der Waals surface area contributed by atoms with Crippen LogP contribution in [0.15, 0.2) is 170 Å². The molecule has 3 aromatic heterocycles. The summed E-state index contributed by atoms with van der Waals surface area (Å²) in [6, 6.07) is 55.4. The lowest BCUT2D eigenvalue weighted by atomic mass is 9.93. The molecule has 0 unspecified atom stereocenters. The summed E-state index contributed by atoms with van der Waals surface area (Å²) in [6.45, 7) is 0. The summed E-state index contributed by atoms with van der Waals surface area (Å²) < 4.78 is 0. The molecule has 0 saturated heterocycles. The fourth-order valence-electron chi connectivity index (χ4n) is 7.31. The molecule has 0 spiro atoms. The smallest absolute Gasteiger partial charge is 0.161 e. The normalized spacial score (nSPS) is 11.6. The molecule has 0 aliphatic heterocycles. The highest BCUT2D eigenvalue weighted by atomic mass is 14.9. The molecule has 0 atom stereocenters. The molecule has 10 aromatic rings. The van der Waals surface area contributed by atoms with Crippen molar-refractivity contribution in [2.75, 3.05) is 0 Å². The quantitative estimate of drug-likeness (QED) is 0.180. The Balaban J connectivity index is 1.21. The molecule has 0 radical (unpaired) electrons. The topological polar surface area (TPSA) is 51.6 Å².